The van der Waals surface area contributed by atoms with E-state index in [0.29, 0.717) is 18.1 Å². The average molecular weight is 346 g/mol. The van der Waals surface area contributed by atoms with Crippen LogP contribution in [0.25, 0.3) is 0 Å². The lowest BCUT2D eigenvalue weighted by Gasteiger charge is -2.09. The number of amides is 1. The summed E-state index contributed by atoms with van der Waals surface area (Å²) in [6.45, 7) is 2.68. The monoisotopic (exact) mass is 346 g/mol. The van der Waals surface area contributed by atoms with Crippen LogP contribution in [0.15, 0.2) is 67.0 Å². The number of aromatic nitrogens is 2. The van der Waals surface area contributed by atoms with E-state index < -0.39 is 0 Å². The molecule has 5 nitrogen and oxygen atoms in total. The molecule has 1 amide bonds. The molecule has 2 N–H and O–H groups in total. The summed E-state index contributed by atoms with van der Waals surface area (Å²) in [6, 6.07) is 18.1. The van der Waals surface area contributed by atoms with Crippen LogP contribution in [0.3, 0.4) is 0 Å². The Morgan fingerprint density at radius 3 is 2.38 bits per heavy atom. The molecule has 0 aliphatic rings. The van der Waals surface area contributed by atoms with Gasteiger partial charge < -0.3 is 10.6 Å². The predicted octanol–water partition coefficient (Wildman–Crippen LogP) is 3.76. The fraction of sp³-hybridized carbons (Fsp3) is 0.190. The van der Waals surface area contributed by atoms with E-state index in [2.05, 4.69) is 33.6 Å². The third-order valence-corrected chi connectivity index (χ3v) is 4.10. The molecule has 3 rings (SSSR count). The molecule has 0 atom stereocenters. The molecule has 0 fully saturated rings. The second-order valence-electron chi connectivity index (χ2n) is 5.92. The van der Waals surface area contributed by atoms with Gasteiger partial charge in [-0.3, -0.25) is 4.79 Å². The Morgan fingerprint density at radius 2 is 1.65 bits per heavy atom. The normalized spacial score (nSPS) is 10.3. The molecule has 132 valence electrons. The average Bonchev–Trinajstić information content (AvgIpc) is 2.70. The highest BCUT2D eigenvalue weighted by Crippen LogP contribution is 2.18. The number of nitrogens with zero attached hydrogens (tertiary/aromatic N) is 2. The highest BCUT2D eigenvalue weighted by Gasteiger charge is 2.08. The summed E-state index contributed by atoms with van der Waals surface area (Å²) in [6.07, 6.45) is 4.80. The zero-order chi connectivity index (χ0) is 18.2. The van der Waals surface area contributed by atoms with Crippen molar-refractivity contribution in [1.82, 2.24) is 15.3 Å². The van der Waals surface area contributed by atoms with Gasteiger partial charge in [0.15, 0.2) is 0 Å². The number of nitrogens with one attached hydrogen (secondary N) is 2. The molecule has 0 aliphatic carbocycles. The first kappa shape index (κ1) is 17.6. The van der Waals surface area contributed by atoms with Crippen molar-refractivity contribution < 1.29 is 4.79 Å². The molecule has 5 heteroatoms. The molecule has 1 heterocycles. The maximum atomic E-state index is 12.2. The second-order valence-corrected chi connectivity index (χ2v) is 5.92. The summed E-state index contributed by atoms with van der Waals surface area (Å²) in [5, 5.41) is 6.10. The van der Waals surface area contributed by atoms with E-state index in [0.717, 1.165) is 18.5 Å². The Kier molecular flexibility index (Phi) is 5.93. The molecular weight excluding hydrogens is 324 g/mol. The zero-order valence-electron chi connectivity index (χ0n) is 14.8. The lowest BCUT2D eigenvalue weighted by molar-refractivity contribution is 0.0953. The Balaban J connectivity index is 1.56. The van der Waals surface area contributed by atoms with Crippen LogP contribution in [0.1, 0.15) is 28.4 Å². The third-order valence-electron chi connectivity index (χ3n) is 4.10. The molecule has 0 bridgehead atoms. The van der Waals surface area contributed by atoms with Crippen LogP contribution in [0.5, 0.6) is 0 Å². The quantitative estimate of drug-likeness (QED) is 0.684. The minimum atomic E-state index is -0.165. The molecular formula is C21H22N4O. The molecule has 26 heavy (non-hydrogen) atoms. The van der Waals surface area contributed by atoms with Crippen LogP contribution in [-0.2, 0) is 12.8 Å². The zero-order valence-corrected chi connectivity index (χ0v) is 14.8. The molecule has 3 aromatic rings. The van der Waals surface area contributed by atoms with Crippen LogP contribution in [0.4, 0.5) is 11.6 Å². The number of rotatable bonds is 7. The molecule has 2 aromatic carbocycles. The van der Waals surface area contributed by atoms with Gasteiger partial charge in [-0.05, 0) is 30.0 Å². The summed E-state index contributed by atoms with van der Waals surface area (Å²) < 4.78 is 0. The number of anilines is 2. The fourth-order valence-electron chi connectivity index (χ4n) is 2.65. The number of hydrogen-bond donors (Lipinski definition) is 2. The van der Waals surface area contributed by atoms with E-state index in [-0.39, 0.29) is 5.91 Å². The number of hydrogen-bond acceptors (Lipinski definition) is 4. The van der Waals surface area contributed by atoms with Crippen molar-refractivity contribution in [1.29, 1.82) is 0 Å². The molecule has 0 radical (unpaired) electrons. The minimum absolute atomic E-state index is 0.165. The lowest BCUT2D eigenvalue weighted by Crippen LogP contribution is -2.26. The van der Waals surface area contributed by atoms with Gasteiger partial charge >= 0.3 is 0 Å². The number of carbonyl (C=O) groups excluding carboxylic acids is 1. The van der Waals surface area contributed by atoms with Gasteiger partial charge in [-0.15, -0.1) is 0 Å². The maximum absolute atomic E-state index is 12.2. The van der Waals surface area contributed by atoms with E-state index in [9.17, 15) is 4.79 Å². The van der Waals surface area contributed by atoms with Crippen LogP contribution >= 0.6 is 0 Å². The van der Waals surface area contributed by atoms with Crippen LogP contribution in [0, 0.1) is 0 Å². The van der Waals surface area contributed by atoms with Crippen molar-refractivity contribution in [3.63, 3.8) is 0 Å². The second kappa shape index (κ2) is 8.76. The molecule has 0 saturated carbocycles. The maximum Gasteiger partial charge on any atom is 0.254 e. The minimum Gasteiger partial charge on any atom is -0.352 e. The largest absolute Gasteiger partial charge is 0.352 e. The summed E-state index contributed by atoms with van der Waals surface area (Å²) in [5.41, 5.74) is 3.82. The number of para-hydroxylation sites is 1. The van der Waals surface area contributed by atoms with E-state index in [4.69, 9.17) is 0 Å². The van der Waals surface area contributed by atoms with Crippen LogP contribution in [-0.4, -0.2) is 22.4 Å². The first-order valence-electron chi connectivity index (χ1n) is 8.75. The molecule has 0 spiro atoms. The standard InChI is InChI=1S/C21H22N4O/c1-2-17-10-6-7-11-19(17)25-21-23-14-18(15-24-21)20(26)22-13-12-16-8-4-3-5-9-16/h3-11,14-15H,2,12-13H2,1H3,(H,22,26)(H,23,24,25). The van der Waals surface area contributed by atoms with E-state index in [1.807, 2.05) is 48.5 Å². The van der Waals surface area contributed by atoms with Crippen LogP contribution in [0.2, 0.25) is 0 Å². The van der Waals surface area contributed by atoms with E-state index in [1.54, 1.807) is 12.4 Å². The van der Waals surface area contributed by atoms with Crippen molar-refractivity contribution in [3.05, 3.63) is 83.7 Å². The third kappa shape index (κ3) is 4.66. The highest BCUT2D eigenvalue weighted by molar-refractivity contribution is 5.93. The SMILES string of the molecule is CCc1ccccc1Nc1ncc(C(=O)NCCc2ccccc2)cn1. The number of benzene rings is 2. The van der Waals surface area contributed by atoms with Crippen molar-refractivity contribution in [2.24, 2.45) is 0 Å². The smallest absolute Gasteiger partial charge is 0.254 e. The fourth-order valence-corrected chi connectivity index (χ4v) is 2.65. The number of aryl methyl sites for hydroxylation is 1. The number of carbonyl (C=O) groups is 1. The predicted molar refractivity (Wildman–Crippen MR) is 104 cm³/mol. The van der Waals surface area contributed by atoms with Crippen molar-refractivity contribution in [3.8, 4) is 0 Å². The lowest BCUT2D eigenvalue weighted by atomic mass is 10.1. The van der Waals surface area contributed by atoms with Gasteiger partial charge in [0.25, 0.3) is 5.91 Å². The van der Waals surface area contributed by atoms with Crippen molar-refractivity contribution >= 4 is 17.5 Å². The van der Waals surface area contributed by atoms with Gasteiger partial charge in [0, 0.05) is 24.6 Å². The van der Waals surface area contributed by atoms with Crippen molar-refractivity contribution in [2.75, 3.05) is 11.9 Å². The summed E-state index contributed by atoms with van der Waals surface area (Å²) in [4.78, 5) is 20.7. The first-order chi connectivity index (χ1) is 12.8. The highest BCUT2D eigenvalue weighted by atomic mass is 16.1. The van der Waals surface area contributed by atoms with Crippen LogP contribution < -0.4 is 10.6 Å². The molecule has 1 aromatic heterocycles. The van der Waals surface area contributed by atoms with E-state index in [1.165, 1.54) is 11.1 Å². The summed E-state index contributed by atoms with van der Waals surface area (Å²) in [5.74, 6) is 0.313. The first-order valence-corrected chi connectivity index (χ1v) is 8.75. The van der Waals surface area contributed by atoms with Gasteiger partial charge in [0.05, 0.1) is 5.56 Å². The molecule has 0 unspecified atom stereocenters. The van der Waals surface area contributed by atoms with Gasteiger partial charge in [-0.1, -0.05) is 55.5 Å². The van der Waals surface area contributed by atoms with Gasteiger partial charge in [0.2, 0.25) is 5.95 Å². The Hall–Kier alpha value is -3.21. The Bertz CT molecular complexity index is 847. The molecule has 0 aliphatic heterocycles. The van der Waals surface area contributed by atoms with E-state index >= 15 is 0 Å². The summed E-state index contributed by atoms with van der Waals surface area (Å²) in [7, 11) is 0. The Labute approximate surface area is 153 Å². The van der Waals surface area contributed by atoms with Gasteiger partial charge in [0.1, 0.15) is 0 Å². The van der Waals surface area contributed by atoms with Gasteiger partial charge in [-0.25, -0.2) is 9.97 Å². The van der Waals surface area contributed by atoms with Crippen molar-refractivity contribution in [2.45, 2.75) is 19.8 Å². The topological polar surface area (TPSA) is 66.9 Å². The summed E-state index contributed by atoms with van der Waals surface area (Å²) >= 11 is 0. The molecule has 0 saturated heterocycles. The van der Waals surface area contributed by atoms with Gasteiger partial charge in [-0.2, -0.15) is 0 Å². The Morgan fingerprint density at radius 1 is 0.962 bits per heavy atom.